The summed E-state index contributed by atoms with van der Waals surface area (Å²) in [4.78, 5) is 0. The van der Waals surface area contributed by atoms with Gasteiger partial charge in [0.15, 0.2) is 0 Å². The fraction of sp³-hybridized carbons (Fsp3) is 0.400. The van der Waals surface area contributed by atoms with Gasteiger partial charge in [-0.2, -0.15) is 0 Å². The van der Waals surface area contributed by atoms with Gasteiger partial charge in [-0.3, -0.25) is 10.9 Å². The van der Waals surface area contributed by atoms with E-state index in [4.69, 9.17) is 0 Å². The minimum Gasteiger partial charge on any atom is -0.257 e. The van der Waals surface area contributed by atoms with Crippen LogP contribution in [0.1, 0.15) is 12.5 Å². The summed E-state index contributed by atoms with van der Waals surface area (Å²) in [6.45, 7) is 3.81. The number of halogens is 1. The Morgan fingerprint density at radius 1 is 1.31 bits per heavy atom. The molecule has 1 saturated heterocycles. The second-order valence-corrected chi connectivity index (χ2v) is 3.78. The molecule has 0 radical (unpaired) electrons. The molecule has 2 nitrogen and oxygen atoms in total. The predicted molar refractivity (Wildman–Crippen MR) is 49.8 cm³/mol. The molecule has 0 spiro atoms. The van der Waals surface area contributed by atoms with Crippen molar-refractivity contribution in [1.29, 1.82) is 0 Å². The van der Waals surface area contributed by atoms with E-state index in [1.165, 1.54) is 6.07 Å². The minimum atomic E-state index is -0.161. The summed E-state index contributed by atoms with van der Waals surface area (Å²) >= 11 is 0. The first kappa shape index (κ1) is 8.66. The summed E-state index contributed by atoms with van der Waals surface area (Å²) in [6.07, 6.45) is 0. The number of rotatable bonds is 1. The van der Waals surface area contributed by atoms with Gasteiger partial charge in [0.25, 0.3) is 0 Å². The first-order chi connectivity index (χ1) is 6.21. The van der Waals surface area contributed by atoms with E-state index in [0.717, 1.165) is 18.7 Å². The molecule has 0 aromatic heterocycles. The van der Waals surface area contributed by atoms with E-state index in [1.54, 1.807) is 12.1 Å². The second-order valence-electron chi connectivity index (χ2n) is 3.78. The molecule has 0 saturated carbocycles. The average molecular weight is 180 g/mol. The molecule has 0 aliphatic carbocycles. The van der Waals surface area contributed by atoms with Gasteiger partial charge in [-0.15, -0.1) is 0 Å². The fourth-order valence-electron chi connectivity index (χ4n) is 1.65. The Morgan fingerprint density at radius 3 is 2.62 bits per heavy atom. The minimum absolute atomic E-state index is 0.0160. The molecule has 1 aromatic carbocycles. The van der Waals surface area contributed by atoms with Crippen molar-refractivity contribution in [3.8, 4) is 0 Å². The SMILES string of the molecule is CC1(c2cccc(F)c2)CNNC1. The van der Waals surface area contributed by atoms with Crippen LogP contribution in [-0.2, 0) is 5.41 Å². The first-order valence-electron chi connectivity index (χ1n) is 4.42. The zero-order valence-electron chi connectivity index (χ0n) is 7.60. The van der Waals surface area contributed by atoms with E-state index in [1.807, 2.05) is 6.07 Å². The Balaban J connectivity index is 2.33. The molecule has 0 atom stereocenters. The van der Waals surface area contributed by atoms with Crippen molar-refractivity contribution in [2.24, 2.45) is 0 Å². The maximum absolute atomic E-state index is 12.9. The van der Waals surface area contributed by atoms with Crippen LogP contribution in [0.3, 0.4) is 0 Å². The van der Waals surface area contributed by atoms with Crippen LogP contribution in [0.4, 0.5) is 4.39 Å². The zero-order valence-corrected chi connectivity index (χ0v) is 7.60. The molecule has 1 heterocycles. The highest BCUT2D eigenvalue weighted by Crippen LogP contribution is 2.24. The highest BCUT2D eigenvalue weighted by Gasteiger charge is 2.30. The molecule has 2 rings (SSSR count). The lowest BCUT2D eigenvalue weighted by atomic mass is 9.84. The molecule has 13 heavy (non-hydrogen) atoms. The van der Waals surface area contributed by atoms with Gasteiger partial charge < -0.3 is 0 Å². The number of nitrogens with one attached hydrogen (secondary N) is 2. The van der Waals surface area contributed by atoms with E-state index in [-0.39, 0.29) is 11.2 Å². The summed E-state index contributed by atoms with van der Waals surface area (Å²) < 4.78 is 12.9. The number of hydrazine groups is 1. The summed E-state index contributed by atoms with van der Waals surface area (Å²) in [5.74, 6) is -0.161. The van der Waals surface area contributed by atoms with Crippen molar-refractivity contribution in [2.45, 2.75) is 12.3 Å². The third-order valence-electron chi connectivity index (χ3n) is 2.60. The molecule has 0 amide bonds. The van der Waals surface area contributed by atoms with Crippen molar-refractivity contribution < 1.29 is 4.39 Å². The number of hydrogen-bond acceptors (Lipinski definition) is 2. The maximum Gasteiger partial charge on any atom is 0.123 e. The summed E-state index contributed by atoms with van der Waals surface area (Å²) in [5, 5.41) is 0. The van der Waals surface area contributed by atoms with Gasteiger partial charge in [0, 0.05) is 18.5 Å². The molecular weight excluding hydrogens is 167 g/mol. The molecule has 1 aliphatic heterocycles. The van der Waals surface area contributed by atoms with Gasteiger partial charge in [-0.1, -0.05) is 19.1 Å². The van der Waals surface area contributed by atoms with E-state index < -0.39 is 0 Å². The fourth-order valence-corrected chi connectivity index (χ4v) is 1.65. The Labute approximate surface area is 77.1 Å². The predicted octanol–water partition coefficient (Wildman–Crippen LogP) is 1.19. The van der Waals surface area contributed by atoms with Crippen LogP contribution < -0.4 is 10.9 Å². The van der Waals surface area contributed by atoms with Gasteiger partial charge >= 0.3 is 0 Å². The van der Waals surface area contributed by atoms with Gasteiger partial charge in [0.2, 0.25) is 0 Å². The molecule has 2 N–H and O–H groups in total. The smallest absolute Gasteiger partial charge is 0.123 e. The molecule has 1 aliphatic rings. The number of benzene rings is 1. The van der Waals surface area contributed by atoms with Crippen molar-refractivity contribution >= 4 is 0 Å². The van der Waals surface area contributed by atoms with Crippen LogP contribution in [-0.4, -0.2) is 13.1 Å². The molecule has 1 aromatic rings. The highest BCUT2D eigenvalue weighted by molar-refractivity contribution is 5.27. The Kier molecular flexibility index (Phi) is 2.06. The normalized spacial score (nSPS) is 20.5. The molecule has 0 bridgehead atoms. The Morgan fingerprint density at radius 2 is 2.00 bits per heavy atom. The molecule has 3 heteroatoms. The Hall–Kier alpha value is -0.930. The highest BCUT2D eigenvalue weighted by atomic mass is 19.1. The summed E-state index contributed by atoms with van der Waals surface area (Å²) in [7, 11) is 0. The second kappa shape index (κ2) is 3.09. The van der Waals surface area contributed by atoms with Crippen molar-refractivity contribution in [1.82, 2.24) is 10.9 Å². The number of hydrogen-bond donors (Lipinski definition) is 2. The van der Waals surface area contributed by atoms with Gasteiger partial charge in [-0.25, -0.2) is 4.39 Å². The third-order valence-corrected chi connectivity index (χ3v) is 2.60. The molecule has 0 unspecified atom stereocenters. The lowest BCUT2D eigenvalue weighted by molar-refractivity contribution is 0.543. The largest absolute Gasteiger partial charge is 0.257 e. The van der Waals surface area contributed by atoms with Crippen molar-refractivity contribution in [2.75, 3.05) is 13.1 Å². The monoisotopic (exact) mass is 180 g/mol. The third kappa shape index (κ3) is 1.57. The molecule has 70 valence electrons. The van der Waals surface area contributed by atoms with E-state index in [0.29, 0.717) is 0 Å². The lowest BCUT2D eigenvalue weighted by Crippen LogP contribution is -2.27. The van der Waals surface area contributed by atoms with Crippen LogP contribution in [0.5, 0.6) is 0 Å². The lowest BCUT2D eigenvalue weighted by Gasteiger charge is -2.21. The van der Waals surface area contributed by atoms with E-state index >= 15 is 0 Å². The topological polar surface area (TPSA) is 24.1 Å². The first-order valence-corrected chi connectivity index (χ1v) is 4.42. The van der Waals surface area contributed by atoms with Crippen LogP contribution >= 0.6 is 0 Å². The maximum atomic E-state index is 12.9. The van der Waals surface area contributed by atoms with Crippen LogP contribution in [0.15, 0.2) is 24.3 Å². The Bertz CT molecular complexity index is 306. The standard InChI is InChI=1S/C10H13FN2/c1-10(6-12-13-7-10)8-3-2-4-9(11)5-8/h2-5,12-13H,6-7H2,1H3. The van der Waals surface area contributed by atoms with Crippen molar-refractivity contribution in [3.05, 3.63) is 35.6 Å². The van der Waals surface area contributed by atoms with Crippen LogP contribution in [0.25, 0.3) is 0 Å². The molecule has 1 fully saturated rings. The van der Waals surface area contributed by atoms with E-state index in [9.17, 15) is 4.39 Å². The van der Waals surface area contributed by atoms with Crippen LogP contribution in [0, 0.1) is 5.82 Å². The van der Waals surface area contributed by atoms with Crippen LogP contribution in [0.2, 0.25) is 0 Å². The average Bonchev–Trinajstić information content (AvgIpc) is 2.54. The summed E-state index contributed by atoms with van der Waals surface area (Å²) in [5.41, 5.74) is 7.18. The van der Waals surface area contributed by atoms with E-state index in [2.05, 4.69) is 17.8 Å². The molecular formula is C10H13FN2. The quantitative estimate of drug-likeness (QED) is 0.678. The summed E-state index contributed by atoms with van der Waals surface area (Å²) in [6, 6.07) is 6.81. The van der Waals surface area contributed by atoms with Gasteiger partial charge in [-0.05, 0) is 17.7 Å². The van der Waals surface area contributed by atoms with Gasteiger partial charge in [0.1, 0.15) is 5.82 Å². The zero-order chi connectivity index (χ0) is 9.31. The van der Waals surface area contributed by atoms with Gasteiger partial charge in [0.05, 0.1) is 0 Å². The van der Waals surface area contributed by atoms with Crippen molar-refractivity contribution in [3.63, 3.8) is 0 Å².